The number of nitrogens with two attached hydrogens (primary N) is 1. The number of para-hydroxylation sites is 1. The summed E-state index contributed by atoms with van der Waals surface area (Å²) in [5.41, 5.74) is 7.06. The van der Waals surface area contributed by atoms with Gasteiger partial charge in [0.1, 0.15) is 5.75 Å². The van der Waals surface area contributed by atoms with Gasteiger partial charge in [-0.05, 0) is 31.9 Å². The van der Waals surface area contributed by atoms with Crippen molar-refractivity contribution in [2.45, 2.75) is 25.4 Å². The van der Waals surface area contributed by atoms with Gasteiger partial charge in [-0.25, -0.2) is 0 Å². The van der Waals surface area contributed by atoms with E-state index in [4.69, 9.17) is 10.5 Å². The standard InChI is InChI=1S/C14H22N2O/c1-16(9-11-7-13(15)8-11)10-12-5-3-4-6-14(12)17-2/h3-6,11,13H,7-10,15H2,1-2H3. The summed E-state index contributed by atoms with van der Waals surface area (Å²) in [5, 5.41) is 0. The van der Waals surface area contributed by atoms with Gasteiger partial charge in [0.15, 0.2) is 0 Å². The third-order valence-electron chi connectivity index (χ3n) is 3.47. The highest BCUT2D eigenvalue weighted by atomic mass is 16.5. The first-order chi connectivity index (χ1) is 8.19. The highest BCUT2D eigenvalue weighted by Crippen LogP contribution is 2.27. The predicted octanol–water partition coefficient (Wildman–Crippen LogP) is 1.86. The van der Waals surface area contributed by atoms with E-state index in [0.29, 0.717) is 6.04 Å². The molecule has 1 saturated carbocycles. The molecular formula is C14H22N2O. The van der Waals surface area contributed by atoms with E-state index in [0.717, 1.165) is 24.8 Å². The normalized spacial score (nSPS) is 23.5. The van der Waals surface area contributed by atoms with Gasteiger partial charge < -0.3 is 15.4 Å². The van der Waals surface area contributed by atoms with E-state index in [1.807, 2.05) is 12.1 Å². The molecule has 1 aliphatic rings. The summed E-state index contributed by atoms with van der Waals surface area (Å²) < 4.78 is 5.36. The van der Waals surface area contributed by atoms with Crippen molar-refractivity contribution in [3.05, 3.63) is 29.8 Å². The van der Waals surface area contributed by atoms with Gasteiger partial charge in [-0.1, -0.05) is 18.2 Å². The third kappa shape index (κ3) is 3.20. The van der Waals surface area contributed by atoms with Crippen LogP contribution in [0.15, 0.2) is 24.3 Å². The number of rotatable bonds is 5. The highest BCUT2D eigenvalue weighted by Gasteiger charge is 2.26. The summed E-state index contributed by atoms with van der Waals surface area (Å²) in [6.07, 6.45) is 2.35. The minimum Gasteiger partial charge on any atom is -0.496 e. The largest absolute Gasteiger partial charge is 0.496 e. The van der Waals surface area contributed by atoms with Crippen LogP contribution in [0.4, 0.5) is 0 Å². The van der Waals surface area contributed by atoms with Gasteiger partial charge in [-0.2, -0.15) is 0 Å². The number of methoxy groups -OCH3 is 1. The SMILES string of the molecule is COc1ccccc1CN(C)CC1CC(N)C1. The van der Waals surface area contributed by atoms with Gasteiger partial charge >= 0.3 is 0 Å². The average molecular weight is 234 g/mol. The number of nitrogens with zero attached hydrogens (tertiary/aromatic N) is 1. The van der Waals surface area contributed by atoms with Crippen LogP contribution in [0, 0.1) is 5.92 Å². The molecule has 0 amide bonds. The zero-order valence-corrected chi connectivity index (χ0v) is 10.7. The first-order valence-corrected chi connectivity index (χ1v) is 6.25. The number of ether oxygens (including phenoxy) is 1. The van der Waals surface area contributed by atoms with Crippen LogP contribution in [0.2, 0.25) is 0 Å². The van der Waals surface area contributed by atoms with Crippen molar-refractivity contribution in [3.63, 3.8) is 0 Å². The van der Waals surface area contributed by atoms with E-state index in [-0.39, 0.29) is 0 Å². The molecule has 1 aromatic carbocycles. The van der Waals surface area contributed by atoms with Crippen LogP contribution in [0.5, 0.6) is 5.75 Å². The summed E-state index contributed by atoms with van der Waals surface area (Å²) in [6, 6.07) is 8.65. The molecule has 0 spiro atoms. The van der Waals surface area contributed by atoms with Gasteiger partial charge in [-0.15, -0.1) is 0 Å². The van der Waals surface area contributed by atoms with Gasteiger partial charge in [-0.3, -0.25) is 0 Å². The monoisotopic (exact) mass is 234 g/mol. The quantitative estimate of drug-likeness (QED) is 0.845. The van der Waals surface area contributed by atoms with E-state index in [1.165, 1.54) is 18.4 Å². The van der Waals surface area contributed by atoms with Crippen LogP contribution >= 0.6 is 0 Å². The lowest BCUT2D eigenvalue weighted by Crippen LogP contribution is -2.41. The Kier molecular flexibility index (Phi) is 4.02. The molecule has 0 saturated heterocycles. The van der Waals surface area contributed by atoms with Crippen LogP contribution in [-0.4, -0.2) is 31.6 Å². The molecule has 3 heteroatoms. The number of benzene rings is 1. The smallest absolute Gasteiger partial charge is 0.123 e. The summed E-state index contributed by atoms with van der Waals surface area (Å²) in [7, 11) is 3.89. The second-order valence-corrected chi connectivity index (χ2v) is 5.11. The van der Waals surface area contributed by atoms with Crippen molar-refractivity contribution in [3.8, 4) is 5.75 Å². The second kappa shape index (κ2) is 5.52. The molecule has 17 heavy (non-hydrogen) atoms. The van der Waals surface area contributed by atoms with E-state index in [1.54, 1.807) is 7.11 Å². The van der Waals surface area contributed by atoms with Gasteiger partial charge in [0.05, 0.1) is 7.11 Å². The minimum absolute atomic E-state index is 0.444. The molecule has 2 N–H and O–H groups in total. The molecule has 0 bridgehead atoms. The first kappa shape index (κ1) is 12.4. The molecule has 94 valence electrons. The van der Waals surface area contributed by atoms with Crippen LogP contribution in [0.3, 0.4) is 0 Å². The summed E-state index contributed by atoms with van der Waals surface area (Å²) in [5.74, 6) is 1.76. The Morgan fingerprint density at radius 2 is 2.06 bits per heavy atom. The van der Waals surface area contributed by atoms with E-state index in [2.05, 4.69) is 24.1 Å². The van der Waals surface area contributed by atoms with E-state index < -0.39 is 0 Å². The number of hydrogen-bond acceptors (Lipinski definition) is 3. The fourth-order valence-corrected chi connectivity index (χ4v) is 2.57. The summed E-state index contributed by atoms with van der Waals surface area (Å²) >= 11 is 0. The van der Waals surface area contributed by atoms with Crippen LogP contribution < -0.4 is 10.5 Å². The maximum absolute atomic E-state index is 5.80. The second-order valence-electron chi connectivity index (χ2n) is 5.11. The molecule has 0 aliphatic heterocycles. The third-order valence-corrected chi connectivity index (χ3v) is 3.47. The van der Waals surface area contributed by atoms with Crippen molar-refractivity contribution in [1.82, 2.24) is 4.90 Å². The van der Waals surface area contributed by atoms with Crippen LogP contribution in [0.1, 0.15) is 18.4 Å². The maximum atomic E-state index is 5.80. The molecule has 0 heterocycles. The Balaban J connectivity index is 1.86. The van der Waals surface area contributed by atoms with E-state index in [9.17, 15) is 0 Å². The van der Waals surface area contributed by atoms with Crippen molar-refractivity contribution < 1.29 is 4.74 Å². The van der Waals surface area contributed by atoms with E-state index >= 15 is 0 Å². The minimum atomic E-state index is 0.444. The average Bonchev–Trinajstić information content (AvgIpc) is 2.27. The maximum Gasteiger partial charge on any atom is 0.123 e. The molecule has 2 rings (SSSR count). The zero-order valence-electron chi connectivity index (χ0n) is 10.7. The molecular weight excluding hydrogens is 212 g/mol. The molecule has 1 aliphatic carbocycles. The topological polar surface area (TPSA) is 38.5 Å². The van der Waals surface area contributed by atoms with Gasteiger partial charge in [0, 0.05) is 24.7 Å². The Bertz CT molecular complexity index is 361. The lowest BCUT2D eigenvalue weighted by Gasteiger charge is -2.35. The fraction of sp³-hybridized carbons (Fsp3) is 0.571. The van der Waals surface area contributed by atoms with Gasteiger partial charge in [0.2, 0.25) is 0 Å². The van der Waals surface area contributed by atoms with Crippen molar-refractivity contribution >= 4 is 0 Å². The summed E-state index contributed by atoms with van der Waals surface area (Å²) in [4.78, 5) is 2.36. The Labute approximate surface area is 104 Å². The van der Waals surface area contributed by atoms with Crippen LogP contribution in [0.25, 0.3) is 0 Å². The molecule has 0 unspecified atom stereocenters. The van der Waals surface area contributed by atoms with Crippen molar-refractivity contribution in [1.29, 1.82) is 0 Å². The van der Waals surface area contributed by atoms with Crippen LogP contribution in [-0.2, 0) is 6.54 Å². The molecule has 1 fully saturated rings. The highest BCUT2D eigenvalue weighted by molar-refractivity contribution is 5.32. The lowest BCUT2D eigenvalue weighted by molar-refractivity contribution is 0.177. The fourth-order valence-electron chi connectivity index (χ4n) is 2.57. The molecule has 0 radical (unpaired) electrons. The molecule has 0 aromatic heterocycles. The Morgan fingerprint density at radius 1 is 1.35 bits per heavy atom. The molecule has 1 aromatic rings. The molecule has 0 atom stereocenters. The zero-order chi connectivity index (χ0) is 12.3. The first-order valence-electron chi connectivity index (χ1n) is 6.25. The Hall–Kier alpha value is -1.06. The predicted molar refractivity (Wildman–Crippen MR) is 70.0 cm³/mol. The number of hydrogen-bond donors (Lipinski definition) is 1. The van der Waals surface area contributed by atoms with Crippen molar-refractivity contribution in [2.24, 2.45) is 11.7 Å². The van der Waals surface area contributed by atoms with Crippen molar-refractivity contribution in [2.75, 3.05) is 20.7 Å². The Morgan fingerprint density at radius 3 is 2.71 bits per heavy atom. The lowest BCUT2D eigenvalue weighted by atomic mass is 9.80. The summed E-state index contributed by atoms with van der Waals surface area (Å²) in [6.45, 7) is 2.07. The molecule has 3 nitrogen and oxygen atoms in total. The van der Waals surface area contributed by atoms with Gasteiger partial charge in [0.25, 0.3) is 0 Å².